The summed E-state index contributed by atoms with van der Waals surface area (Å²) in [5, 5.41) is 3.09. The van der Waals surface area contributed by atoms with E-state index < -0.39 is 10.0 Å². The standard InChI is InChI=1S/C18H27N3O3S/c1-14(22)20-10-7-15-5-6-18(12-16(15)8-11-20)25(23,24)21-9-3-4-17(21)13-19-2/h5-6,12,17,19H,3-4,7-11,13H2,1-2H3. The van der Waals surface area contributed by atoms with Crippen molar-refractivity contribution in [2.45, 2.75) is 43.5 Å². The lowest BCUT2D eigenvalue weighted by Gasteiger charge is -2.24. The molecule has 3 rings (SSSR count). The summed E-state index contributed by atoms with van der Waals surface area (Å²) < 4.78 is 27.8. The zero-order valence-electron chi connectivity index (χ0n) is 15.0. The average molecular weight is 365 g/mol. The Morgan fingerprint density at radius 1 is 1.20 bits per heavy atom. The van der Waals surface area contributed by atoms with Gasteiger partial charge in [-0.2, -0.15) is 4.31 Å². The highest BCUT2D eigenvalue weighted by atomic mass is 32.2. The number of nitrogens with one attached hydrogen (secondary N) is 1. The topological polar surface area (TPSA) is 69.7 Å². The van der Waals surface area contributed by atoms with Crippen LogP contribution in [0.4, 0.5) is 0 Å². The largest absolute Gasteiger partial charge is 0.342 e. The van der Waals surface area contributed by atoms with Gasteiger partial charge in [0.05, 0.1) is 4.90 Å². The summed E-state index contributed by atoms with van der Waals surface area (Å²) in [7, 11) is -1.62. The van der Waals surface area contributed by atoms with Gasteiger partial charge in [-0.05, 0) is 56.0 Å². The molecule has 1 amide bonds. The van der Waals surface area contributed by atoms with Crippen molar-refractivity contribution in [2.75, 3.05) is 33.2 Å². The molecule has 0 spiro atoms. The molecule has 0 bridgehead atoms. The molecule has 1 aromatic rings. The molecule has 1 unspecified atom stereocenters. The van der Waals surface area contributed by atoms with Crippen LogP contribution in [0, 0.1) is 0 Å². The van der Waals surface area contributed by atoms with Gasteiger partial charge in [0, 0.05) is 39.1 Å². The minimum absolute atomic E-state index is 0.0296. The molecule has 1 N–H and O–H groups in total. The molecular formula is C18H27N3O3S. The van der Waals surface area contributed by atoms with Crippen molar-refractivity contribution in [2.24, 2.45) is 0 Å². The summed E-state index contributed by atoms with van der Waals surface area (Å²) in [6.45, 7) is 4.20. The van der Waals surface area contributed by atoms with E-state index >= 15 is 0 Å². The normalized spacial score (nSPS) is 21.8. The van der Waals surface area contributed by atoms with Crippen molar-refractivity contribution in [3.8, 4) is 0 Å². The molecule has 1 fully saturated rings. The van der Waals surface area contributed by atoms with Gasteiger partial charge in [-0.3, -0.25) is 4.79 Å². The van der Waals surface area contributed by atoms with Crippen molar-refractivity contribution < 1.29 is 13.2 Å². The fourth-order valence-corrected chi connectivity index (χ4v) is 5.62. The van der Waals surface area contributed by atoms with Gasteiger partial charge in [-0.15, -0.1) is 0 Å². The maximum Gasteiger partial charge on any atom is 0.243 e. The second kappa shape index (κ2) is 7.43. The van der Waals surface area contributed by atoms with Gasteiger partial charge in [0.25, 0.3) is 0 Å². The van der Waals surface area contributed by atoms with Crippen LogP contribution in [0.1, 0.15) is 30.9 Å². The molecule has 0 radical (unpaired) electrons. The monoisotopic (exact) mass is 365 g/mol. The Bertz CT molecular complexity index is 748. The highest BCUT2D eigenvalue weighted by Crippen LogP contribution is 2.28. The van der Waals surface area contributed by atoms with Crippen molar-refractivity contribution >= 4 is 15.9 Å². The predicted molar refractivity (Wildman–Crippen MR) is 96.9 cm³/mol. The number of rotatable bonds is 4. The molecule has 7 heteroatoms. The molecule has 2 aliphatic rings. The van der Waals surface area contributed by atoms with E-state index in [-0.39, 0.29) is 11.9 Å². The maximum atomic E-state index is 13.1. The van der Waals surface area contributed by atoms with Gasteiger partial charge < -0.3 is 10.2 Å². The van der Waals surface area contributed by atoms with Crippen LogP contribution in [0.5, 0.6) is 0 Å². The SMILES string of the molecule is CNCC1CCCN1S(=O)(=O)c1ccc2c(c1)CCN(C(C)=O)CC2. The van der Waals surface area contributed by atoms with E-state index in [1.165, 1.54) is 0 Å². The van der Waals surface area contributed by atoms with E-state index in [9.17, 15) is 13.2 Å². The lowest BCUT2D eigenvalue weighted by molar-refractivity contribution is -0.128. The summed E-state index contributed by atoms with van der Waals surface area (Å²) in [4.78, 5) is 13.8. The highest BCUT2D eigenvalue weighted by Gasteiger charge is 2.35. The first-order valence-corrected chi connectivity index (χ1v) is 10.4. The number of nitrogens with zero attached hydrogens (tertiary/aromatic N) is 2. The van der Waals surface area contributed by atoms with Gasteiger partial charge >= 0.3 is 0 Å². The predicted octanol–water partition coefficient (Wildman–Crippen LogP) is 1.01. The van der Waals surface area contributed by atoms with E-state index in [1.807, 2.05) is 24.1 Å². The van der Waals surface area contributed by atoms with E-state index in [0.29, 0.717) is 37.5 Å². The van der Waals surface area contributed by atoms with Crippen LogP contribution in [0.3, 0.4) is 0 Å². The first-order chi connectivity index (χ1) is 11.9. The molecule has 2 aliphatic heterocycles. The molecule has 1 atom stereocenters. The fourth-order valence-electron chi connectivity index (χ4n) is 3.88. The zero-order valence-corrected chi connectivity index (χ0v) is 15.8. The number of fused-ring (bicyclic) bond motifs is 1. The van der Waals surface area contributed by atoms with Crippen LogP contribution < -0.4 is 5.32 Å². The Hall–Kier alpha value is -1.44. The van der Waals surface area contributed by atoms with Crippen LogP contribution in [0.25, 0.3) is 0 Å². The van der Waals surface area contributed by atoms with Gasteiger partial charge in [0.1, 0.15) is 0 Å². The van der Waals surface area contributed by atoms with Crippen LogP contribution in [0.2, 0.25) is 0 Å². The van der Waals surface area contributed by atoms with Gasteiger partial charge in [0.15, 0.2) is 0 Å². The molecule has 6 nitrogen and oxygen atoms in total. The summed E-state index contributed by atoms with van der Waals surface area (Å²) in [6.07, 6.45) is 3.29. The van der Waals surface area contributed by atoms with Crippen molar-refractivity contribution in [3.05, 3.63) is 29.3 Å². The molecule has 1 saturated heterocycles. The smallest absolute Gasteiger partial charge is 0.243 e. The number of hydrogen-bond acceptors (Lipinski definition) is 4. The molecule has 0 aromatic heterocycles. The lowest BCUT2D eigenvalue weighted by atomic mass is 10.0. The van der Waals surface area contributed by atoms with Crippen molar-refractivity contribution in [3.63, 3.8) is 0 Å². The fraction of sp³-hybridized carbons (Fsp3) is 0.611. The minimum Gasteiger partial charge on any atom is -0.342 e. The number of benzene rings is 1. The molecule has 0 saturated carbocycles. The quantitative estimate of drug-likeness (QED) is 0.864. The van der Waals surface area contributed by atoms with Crippen LogP contribution >= 0.6 is 0 Å². The number of carbonyl (C=O) groups is 1. The first-order valence-electron chi connectivity index (χ1n) is 8.97. The molecule has 0 aliphatic carbocycles. The van der Waals surface area contributed by atoms with Crippen LogP contribution in [-0.4, -0.2) is 62.8 Å². The van der Waals surface area contributed by atoms with E-state index in [2.05, 4.69) is 5.32 Å². The van der Waals surface area contributed by atoms with Crippen molar-refractivity contribution in [1.82, 2.24) is 14.5 Å². The molecular weight excluding hydrogens is 338 g/mol. The third-order valence-corrected chi connectivity index (χ3v) is 7.24. The number of carbonyl (C=O) groups excluding carboxylic acids is 1. The summed E-state index contributed by atoms with van der Waals surface area (Å²) in [5.41, 5.74) is 2.20. The Labute approximate surface area is 150 Å². The number of sulfonamides is 1. The second-order valence-electron chi connectivity index (χ2n) is 6.91. The Balaban J connectivity index is 1.86. The van der Waals surface area contributed by atoms with E-state index in [1.54, 1.807) is 17.3 Å². The van der Waals surface area contributed by atoms with Gasteiger partial charge in [-0.1, -0.05) is 6.07 Å². The molecule has 25 heavy (non-hydrogen) atoms. The first kappa shape index (κ1) is 18.4. The van der Waals surface area contributed by atoms with Crippen molar-refractivity contribution in [1.29, 1.82) is 0 Å². The average Bonchev–Trinajstić information content (AvgIpc) is 2.94. The van der Waals surface area contributed by atoms with E-state index in [0.717, 1.165) is 30.4 Å². The Kier molecular flexibility index (Phi) is 5.46. The Morgan fingerprint density at radius 3 is 2.60 bits per heavy atom. The van der Waals surface area contributed by atoms with Gasteiger partial charge in [0.2, 0.25) is 15.9 Å². The molecule has 138 valence electrons. The summed E-state index contributed by atoms with van der Waals surface area (Å²) in [5.74, 6) is 0.0765. The number of likely N-dealkylation sites (N-methyl/N-ethyl adjacent to an activating group) is 1. The lowest BCUT2D eigenvalue weighted by Crippen LogP contribution is -2.40. The Morgan fingerprint density at radius 2 is 1.92 bits per heavy atom. The number of hydrogen-bond donors (Lipinski definition) is 1. The molecule has 2 heterocycles. The zero-order chi connectivity index (χ0) is 18.0. The maximum absolute atomic E-state index is 13.1. The van der Waals surface area contributed by atoms with E-state index in [4.69, 9.17) is 0 Å². The summed E-state index contributed by atoms with van der Waals surface area (Å²) in [6, 6.07) is 5.51. The molecule has 1 aromatic carbocycles. The third kappa shape index (κ3) is 3.73. The number of amides is 1. The minimum atomic E-state index is -3.47. The summed E-state index contributed by atoms with van der Waals surface area (Å²) >= 11 is 0. The third-order valence-electron chi connectivity index (χ3n) is 5.29. The highest BCUT2D eigenvalue weighted by molar-refractivity contribution is 7.89. The van der Waals surface area contributed by atoms with Crippen LogP contribution in [-0.2, 0) is 27.7 Å². The van der Waals surface area contributed by atoms with Crippen LogP contribution in [0.15, 0.2) is 23.1 Å². The second-order valence-corrected chi connectivity index (χ2v) is 8.80. The van der Waals surface area contributed by atoms with Gasteiger partial charge in [-0.25, -0.2) is 8.42 Å².